The second-order valence-corrected chi connectivity index (χ2v) is 5.46. The summed E-state index contributed by atoms with van der Waals surface area (Å²) in [6.07, 6.45) is 0. The molecular weight excluding hydrogens is 320 g/mol. The zero-order valence-corrected chi connectivity index (χ0v) is 12.1. The van der Waals surface area contributed by atoms with Gasteiger partial charge in [-0.05, 0) is 35.9 Å². The topological polar surface area (TPSA) is 86.7 Å². The van der Waals surface area contributed by atoms with Gasteiger partial charge in [0.1, 0.15) is 0 Å². The standard InChI is InChI=1S/C14H13BrN4O/c15-9-2-4-11(10(16)6-9)17-7-8-1-3-12-13(5-8)19-14(20)18-12/h1-6,17H,7,16H2,(H2,18,19,20). The van der Waals surface area contributed by atoms with Crippen molar-refractivity contribution in [2.24, 2.45) is 0 Å². The number of anilines is 2. The van der Waals surface area contributed by atoms with Crippen LogP contribution in [0, 0.1) is 0 Å². The van der Waals surface area contributed by atoms with Crippen molar-refractivity contribution < 1.29 is 0 Å². The molecule has 5 nitrogen and oxygen atoms in total. The molecule has 3 rings (SSSR count). The maximum Gasteiger partial charge on any atom is 0.323 e. The van der Waals surface area contributed by atoms with Crippen LogP contribution >= 0.6 is 15.9 Å². The van der Waals surface area contributed by atoms with E-state index in [9.17, 15) is 4.79 Å². The minimum atomic E-state index is -0.192. The van der Waals surface area contributed by atoms with Gasteiger partial charge in [-0.3, -0.25) is 0 Å². The van der Waals surface area contributed by atoms with Gasteiger partial charge in [0, 0.05) is 11.0 Å². The molecule has 5 N–H and O–H groups in total. The first kappa shape index (κ1) is 12.8. The largest absolute Gasteiger partial charge is 0.397 e. The lowest BCUT2D eigenvalue weighted by molar-refractivity contribution is 1.15. The Bertz CT molecular complexity index is 821. The summed E-state index contributed by atoms with van der Waals surface area (Å²) in [6, 6.07) is 11.5. The quantitative estimate of drug-likeness (QED) is 0.556. The van der Waals surface area contributed by atoms with Crippen molar-refractivity contribution in [2.75, 3.05) is 11.1 Å². The van der Waals surface area contributed by atoms with Gasteiger partial charge < -0.3 is 21.0 Å². The number of benzene rings is 2. The van der Waals surface area contributed by atoms with Crippen molar-refractivity contribution in [1.29, 1.82) is 0 Å². The van der Waals surface area contributed by atoms with E-state index in [1.54, 1.807) is 0 Å². The monoisotopic (exact) mass is 332 g/mol. The van der Waals surface area contributed by atoms with Crippen molar-refractivity contribution in [3.8, 4) is 0 Å². The zero-order chi connectivity index (χ0) is 14.1. The molecule has 0 aliphatic heterocycles. The van der Waals surface area contributed by atoms with Crippen LogP contribution in [0.15, 0.2) is 45.7 Å². The van der Waals surface area contributed by atoms with E-state index in [2.05, 4.69) is 31.2 Å². The number of halogens is 1. The summed E-state index contributed by atoms with van der Waals surface area (Å²) in [7, 11) is 0. The van der Waals surface area contributed by atoms with Gasteiger partial charge in [-0.1, -0.05) is 22.0 Å². The number of rotatable bonds is 3. The first-order valence-corrected chi connectivity index (χ1v) is 6.91. The van der Waals surface area contributed by atoms with Crippen molar-refractivity contribution in [3.63, 3.8) is 0 Å². The predicted molar refractivity (Wildman–Crippen MR) is 84.8 cm³/mol. The summed E-state index contributed by atoms with van der Waals surface area (Å²) < 4.78 is 0.951. The summed E-state index contributed by atoms with van der Waals surface area (Å²) in [5, 5.41) is 3.28. The molecule has 6 heteroatoms. The van der Waals surface area contributed by atoms with Crippen LogP contribution in [0.1, 0.15) is 5.56 Å². The molecule has 0 bridgehead atoms. The van der Waals surface area contributed by atoms with Gasteiger partial charge >= 0.3 is 5.69 Å². The van der Waals surface area contributed by atoms with Crippen LogP contribution in [0.25, 0.3) is 11.0 Å². The Labute approximate surface area is 123 Å². The van der Waals surface area contributed by atoms with Crippen molar-refractivity contribution in [2.45, 2.75) is 6.54 Å². The summed E-state index contributed by atoms with van der Waals surface area (Å²) in [4.78, 5) is 16.7. The van der Waals surface area contributed by atoms with Crippen molar-refractivity contribution in [1.82, 2.24) is 9.97 Å². The molecular formula is C14H13BrN4O. The van der Waals surface area contributed by atoms with Gasteiger partial charge in [0.25, 0.3) is 0 Å². The van der Waals surface area contributed by atoms with E-state index in [1.807, 2.05) is 36.4 Å². The van der Waals surface area contributed by atoms with Crippen LogP contribution in [0.3, 0.4) is 0 Å². The molecule has 0 atom stereocenters. The Hall–Kier alpha value is -2.21. The number of hydrogen-bond donors (Lipinski definition) is 4. The van der Waals surface area contributed by atoms with Crippen LogP contribution in [-0.4, -0.2) is 9.97 Å². The molecule has 0 saturated carbocycles. The van der Waals surface area contributed by atoms with Crippen molar-refractivity contribution in [3.05, 3.63) is 56.9 Å². The molecule has 0 amide bonds. The van der Waals surface area contributed by atoms with E-state index in [1.165, 1.54) is 0 Å². The highest BCUT2D eigenvalue weighted by atomic mass is 79.9. The third-order valence-electron chi connectivity index (χ3n) is 3.08. The van der Waals surface area contributed by atoms with Gasteiger partial charge in [-0.2, -0.15) is 0 Å². The highest BCUT2D eigenvalue weighted by Crippen LogP contribution is 2.23. The summed E-state index contributed by atoms with van der Waals surface area (Å²) in [5.41, 5.74) is 9.99. The number of H-pyrrole nitrogens is 2. The van der Waals surface area contributed by atoms with E-state index in [-0.39, 0.29) is 5.69 Å². The predicted octanol–water partition coefficient (Wildman–Crippen LogP) is 2.81. The summed E-state index contributed by atoms with van der Waals surface area (Å²) in [6.45, 7) is 0.634. The number of fused-ring (bicyclic) bond motifs is 1. The number of aromatic amines is 2. The molecule has 3 aromatic rings. The lowest BCUT2D eigenvalue weighted by Gasteiger charge is -2.09. The maximum absolute atomic E-state index is 11.2. The van der Waals surface area contributed by atoms with E-state index in [0.29, 0.717) is 12.2 Å². The first-order valence-electron chi connectivity index (χ1n) is 6.11. The van der Waals surface area contributed by atoms with Crippen LogP contribution in [0.4, 0.5) is 11.4 Å². The molecule has 0 unspecified atom stereocenters. The Morgan fingerprint density at radius 3 is 2.70 bits per heavy atom. The fourth-order valence-electron chi connectivity index (χ4n) is 2.08. The van der Waals surface area contributed by atoms with Crippen LogP contribution in [0.2, 0.25) is 0 Å². The number of hydrogen-bond acceptors (Lipinski definition) is 3. The fourth-order valence-corrected chi connectivity index (χ4v) is 2.46. The third kappa shape index (κ3) is 2.55. The Morgan fingerprint density at radius 1 is 1.10 bits per heavy atom. The molecule has 1 heterocycles. The molecule has 20 heavy (non-hydrogen) atoms. The maximum atomic E-state index is 11.2. The Morgan fingerprint density at radius 2 is 1.90 bits per heavy atom. The molecule has 0 fully saturated rings. The average Bonchev–Trinajstić information content (AvgIpc) is 2.77. The van der Waals surface area contributed by atoms with Gasteiger partial charge in [0.15, 0.2) is 0 Å². The molecule has 0 spiro atoms. The molecule has 2 aromatic carbocycles. The van der Waals surface area contributed by atoms with E-state index < -0.39 is 0 Å². The number of nitrogens with two attached hydrogens (primary N) is 1. The zero-order valence-electron chi connectivity index (χ0n) is 10.5. The number of aromatic nitrogens is 2. The minimum absolute atomic E-state index is 0.192. The molecule has 0 aliphatic carbocycles. The number of imidazole rings is 1. The van der Waals surface area contributed by atoms with Gasteiger partial charge in [0.05, 0.1) is 22.4 Å². The van der Waals surface area contributed by atoms with E-state index in [0.717, 1.165) is 26.8 Å². The van der Waals surface area contributed by atoms with Gasteiger partial charge in [-0.25, -0.2) is 4.79 Å². The Balaban J connectivity index is 1.80. The first-order chi connectivity index (χ1) is 9.61. The fraction of sp³-hybridized carbons (Fsp3) is 0.0714. The minimum Gasteiger partial charge on any atom is -0.397 e. The summed E-state index contributed by atoms with van der Waals surface area (Å²) >= 11 is 3.38. The second kappa shape index (κ2) is 5.05. The van der Waals surface area contributed by atoms with Gasteiger partial charge in [0.2, 0.25) is 0 Å². The summed E-state index contributed by atoms with van der Waals surface area (Å²) in [5.74, 6) is 0. The van der Waals surface area contributed by atoms with Crippen LogP contribution in [0.5, 0.6) is 0 Å². The number of nitrogen functional groups attached to an aromatic ring is 1. The highest BCUT2D eigenvalue weighted by Gasteiger charge is 2.02. The Kier molecular flexibility index (Phi) is 3.23. The highest BCUT2D eigenvalue weighted by molar-refractivity contribution is 9.10. The molecule has 102 valence electrons. The lowest BCUT2D eigenvalue weighted by atomic mass is 10.2. The molecule has 1 aromatic heterocycles. The normalized spacial score (nSPS) is 10.8. The van der Waals surface area contributed by atoms with E-state index >= 15 is 0 Å². The second-order valence-electron chi connectivity index (χ2n) is 4.54. The van der Waals surface area contributed by atoms with Crippen molar-refractivity contribution >= 4 is 38.3 Å². The smallest absolute Gasteiger partial charge is 0.323 e. The van der Waals surface area contributed by atoms with Gasteiger partial charge in [-0.15, -0.1) is 0 Å². The SMILES string of the molecule is Nc1cc(Br)ccc1NCc1ccc2[nH]c(=O)[nH]c2c1. The lowest BCUT2D eigenvalue weighted by Crippen LogP contribution is -2.02. The van der Waals surface area contributed by atoms with Crippen LogP contribution < -0.4 is 16.7 Å². The van der Waals surface area contributed by atoms with Crippen LogP contribution in [-0.2, 0) is 6.54 Å². The van der Waals surface area contributed by atoms with E-state index in [4.69, 9.17) is 5.73 Å². The number of nitrogens with one attached hydrogen (secondary N) is 3. The molecule has 0 saturated heterocycles. The average molecular weight is 333 g/mol. The molecule has 0 aliphatic rings. The molecule has 0 radical (unpaired) electrons. The third-order valence-corrected chi connectivity index (χ3v) is 3.57.